The van der Waals surface area contributed by atoms with Crippen LogP contribution in [-0.2, 0) is 11.2 Å². The second-order valence-electron chi connectivity index (χ2n) is 2.71. The van der Waals surface area contributed by atoms with Crippen molar-refractivity contribution < 1.29 is 4.79 Å². The lowest BCUT2D eigenvalue weighted by atomic mass is 10.2. The van der Waals surface area contributed by atoms with Gasteiger partial charge in [-0.25, -0.2) is 0 Å². The number of carbonyl (C=O) groups is 1. The van der Waals surface area contributed by atoms with Gasteiger partial charge in [0.25, 0.3) is 0 Å². The van der Waals surface area contributed by atoms with Crippen LogP contribution in [0.25, 0.3) is 0 Å². The number of aldehydes is 1. The minimum atomic E-state index is 0.607. The molecule has 0 spiro atoms. The minimum Gasteiger partial charge on any atom is -0.303 e. The fraction of sp³-hybridized carbons (Fsp3) is 0.444. The first-order chi connectivity index (χ1) is 5.83. The molecule has 3 heteroatoms. The molecule has 1 aromatic rings. The van der Waals surface area contributed by atoms with Crippen LogP contribution in [0.2, 0.25) is 0 Å². The molecule has 0 radical (unpaired) electrons. The summed E-state index contributed by atoms with van der Waals surface area (Å²) in [5.74, 6) is 0. The van der Waals surface area contributed by atoms with Crippen molar-refractivity contribution in [3.63, 3.8) is 0 Å². The maximum Gasteiger partial charge on any atom is 0.120 e. The molecule has 0 unspecified atom stereocenters. The van der Waals surface area contributed by atoms with E-state index in [4.69, 9.17) is 0 Å². The molecule has 0 aliphatic carbocycles. The highest BCUT2D eigenvalue weighted by molar-refractivity contribution is 5.49. The van der Waals surface area contributed by atoms with Gasteiger partial charge in [0, 0.05) is 18.8 Å². The van der Waals surface area contributed by atoms with Crippen molar-refractivity contribution in [3.05, 3.63) is 23.8 Å². The van der Waals surface area contributed by atoms with Crippen molar-refractivity contribution >= 4 is 6.29 Å². The number of rotatable bonds is 4. The monoisotopic (exact) mass is 164 g/mol. The zero-order valence-electron chi connectivity index (χ0n) is 7.16. The maximum atomic E-state index is 10.0. The summed E-state index contributed by atoms with van der Waals surface area (Å²) in [5.41, 5.74) is 1.89. The summed E-state index contributed by atoms with van der Waals surface area (Å²) in [7, 11) is 0. The fourth-order valence-corrected chi connectivity index (χ4v) is 0.915. The Morgan fingerprint density at radius 2 is 2.25 bits per heavy atom. The average Bonchev–Trinajstić information content (AvgIpc) is 2.09. The molecule has 0 saturated carbocycles. The first-order valence-corrected chi connectivity index (χ1v) is 4.04. The van der Waals surface area contributed by atoms with Crippen molar-refractivity contribution in [2.45, 2.75) is 26.2 Å². The summed E-state index contributed by atoms with van der Waals surface area (Å²) in [6.07, 6.45) is 6.75. The Morgan fingerprint density at radius 3 is 2.83 bits per heavy atom. The second kappa shape index (κ2) is 4.59. The molecule has 0 saturated heterocycles. The van der Waals surface area contributed by atoms with Gasteiger partial charge in [0.05, 0.1) is 11.4 Å². The highest BCUT2D eigenvalue weighted by atomic mass is 16.1. The predicted octanol–water partition coefficient (Wildman–Crippen LogP) is 1.31. The van der Waals surface area contributed by atoms with Gasteiger partial charge in [-0.3, -0.25) is 9.97 Å². The summed E-state index contributed by atoms with van der Waals surface area (Å²) in [6.45, 7) is 1.90. The highest BCUT2D eigenvalue weighted by Crippen LogP contribution is 1.99. The Morgan fingerprint density at radius 1 is 1.42 bits per heavy atom. The second-order valence-corrected chi connectivity index (χ2v) is 2.71. The summed E-state index contributed by atoms with van der Waals surface area (Å²) in [6, 6.07) is 0. The summed E-state index contributed by atoms with van der Waals surface area (Å²) >= 11 is 0. The topological polar surface area (TPSA) is 42.9 Å². The van der Waals surface area contributed by atoms with Gasteiger partial charge in [0.2, 0.25) is 0 Å². The Labute approximate surface area is 71.9 Å². The predicted molar refractivity (Wildman–Crippen MR) is 45.8 cm³/mol. The van der Waals surface area contributed by atoms with E-state index in [2.05, 4.69) is 9.97 Å². The molecule has 0 amide bonds. The third kappa shape index (κ3) is 2.78. The number of aryl methyl sites for hydroxylation is 2. The van der Waals surface area contributed by atoms with Gasteiger partial charge in [-0.05, 0) is 19.8 Å². The molecule has 12 heavy (non-hydrogen) atoms. The molecule has 0 bridgehead atoms. The van der Waals surface area contributed by atoms with E-state index in [0.717, 1.165) is 30.5 Å². The van der Waals surface area contributed by atoms with Crippen LogP contribution in [0.3, 0.4) is 0 Å². The SMILES string of the molecule is Cc1cnc(CCCC=O)cn1. The third-order valence-electron chi connectivity index (χ3n) is 1.59. The molecule has 0 aliphatic heterocycles. The number of nitrogens with zero attached hydrogens (tertiary/aromatic N) is 2. The van der Waals surface area contributed by atoms with E-state index in [9.17, 15) is 4.79 Å². The molecule has 64 valence electrons. The highest BCUT2D eigenvalue weighted by Gasteiger charge is 1.94. The van der Waals surface area contributed by atoms with Crippen LogP contribution in [0.1, 0.15) is 24.2 Å². The number of carbonyl (C=O) groups excluding carboxylic acids is 1. The van der Waals surface area contributed by atoms with Crippen molar-refractivity contribution in [2.24, 2.45) is 0 Å². The molecule has 1 aromatic heterocycles. The van der Waals surface area contributed by atoms with Gasteiger partial charge < -0.3 is 4.79 Å². The van der Waals surface area contributed by atoms with Crippen LogP contribution in [0.15, 0.2) is 12.4 Å². The average molecular weight is 164 g/mol. The molecule has 0 aromatic carbocycles. The zero-order valence-corrected chi connectivity index (χ0v) is 7.16. The van der Waals surface area contributed by atoms with E-state index in [0.29, 0.717) is 6.42 Å². The molecule has 1 heterocycles. The normalized spacial score (nSPS) is 9.75. The Hall–Kier alpha value is -1.25. The smallest absolute Gasteiger partial charge is 0.120 e. The Balaban J connectivity index is 2.42. The molecule has 0 atom stereocenters. The lowest BCUT2D eigenvalue weighted by Crippen LogP contribution is -1.93. The fourth-order valence-electron chi connectivity index (χ4n) is 0.915. The Kier molecular flexibility index (Phi) is 3.38. The number of unbranched alkanes of at least 4 members (excludes halogenated alkanes) is 1. The van der Waals surface area contributed by atoms with Gasteiger partial charge in [-0.15, -0.1) is 0 Å². The van der Waals surface area contributed by atoms with E-state index in [1.54, 1.807) is 12.4 Å². The molecule has 3 nitrogen and oxygen atoms in total. The van der Waals surface area contributed by atoms with Crippen molar-refractivity contribution in [2.75, 3.05) is 0 Å². The number of aromatic nitrogens is 2. The van der Waals surface area contributed by atoms with Gasteiger partial charge in [0.1, 0.15) is 6.29 Å². The van der Waals surface area contributed by atoms with Gasteiger partial charge in [0.15, 0.2) is 0 Å². The van der Waals surface area contributed by atoms with Crippen LogP contribution >= 0.6 is 0 Å². The largest absolute Gasteiger partial charge is 0.303 e. The zero-order chi connectivity index (χ0) is 8.81. The lowest BCUT2D eigenvalue weighted by molar-refractivity contribution is -0.107. The molecular weight excluding hydrogens is 152 g/mol. The van der Waals surface area contributed by atoms with E-state index < -0.39 is 0 Å². The van der Waals surface area contributed by atoms with Crippen LogP contribution in [0, 0.1) is 6.92 Å². The molecule has 0 N–H and O–H groups in total. The molecule has 1 rings (SSSR count). The van der Waals surface area contributed by atoms with Crippen molar-refractivity contribution in [1.29, 1.82) is 0 Å². The lowest BCUT2D eigenvalue weighted by Gasteiger charge is -1.97. The van der Waals surface area contributed by atoms with Crippen LogP contribution in [0.5, 0.6) is 0 Å². The molecule has 0 fully saturated rings. The minimum absolute atomic E-state index is 0.607. The van der Waals surface area contributed by atoms with Gasteiger partial charge >= 0.3 is 0 Å². The van der Waals surface area contributed by atoms with E-state index >= 15 is 0 Å². The van der Waals surface area contributed by atoms with Gasteiger partial charge in [-0.2, -0.15) is 0 Å². The Bertz CT molecular complexity index is 243. The summed E-state index contributed by atoms with van der Waals surface area (Å²) in [5, 5.41) is 0. The summed E-state index contributed by atoms with van der Waals surface area (Å²) < 4.78 is 0. The first kappa shape index (κ1) is 8.84. The third-order valence-corrected chi connectivity index (χ3v) is 1.59. The maximum absolute atomic E-state index is 10.0. The van der Waals surface area contributed by atoms with Crippen molar-refractivity contribution in [3.8, 4) is 0 Å². The number of hydrogen-bond donors (Lipinski definition) is 0. The number of hydrogen-bond acceptors (Lipinski definition) is 3. The van der Waals surface area contributed by atoms with Gasteiger partial charge in [-0.1, -0.05) is 0 Å². The first-order valence-electron chi connectivity index (χ1n) is 4.04. The molecular formula is C9H12N2O. The molecule has 0 aliphatic rings. The standard InChI is InChI=1S/C9H12N2O/c1-8-6-11-9(7-10-8)4-2-3-5-12/h5-7H,2-4H2,1H3. The van der Waals surface area contributed by atoms with E-state index in [-0.39, 0.29) is 0 Å². The van der Waals surface area contributed by atoms with Crippen LogP contribution < -0.4 is 0 Å². The quantitative estimate of drug-likeness (QED) is 0.497. The summed E-state index contributed by atoms with van der Waals surface area (Å²) in [4.78, 5) is 18.3. The van der Waals surface area contributed by atoms with E-state index in [1.165, 1.54) is 0 Å². The van der Waals surface area contributed by atoms with Crippen molar-refractivity contribution in [1.82, 2.24) is 9.97 Å². The van der Waals surface area contributed by atoms with Crippen LogP contribution in [-0.4, -0.2) is 16.3 Å². The van der Waals surface area contributed by atoms with E-state index in [1.807, 2.05) is 6.92 Å². The van der Waals surface area contributed by atoms with Crippen LogP contribution in [0.4, 0.5) is 0 Å².